The molecule has 0 spiro atoms. The van der Waals surface area contributed by atoms with Gasteiger partial charge in [-0.05, 0) is 24.6 Å². The van der Waals surface area contributed by atoms with Gasteiger partial charge in [-0.1, -0.05) is 18.7 Å². The molecule has 1 unspecified atom stereocenters. The van der Waals surface area contributed by atoms with E-state index in [1.807, 2.05) is 19.1 Å². The van der Waals surface area contributed by atoms with E-state index in [0.717, 1.165) is 11.6 Å². The third-order valence-electron chi connectivity index (χ3n) is 1.72. The number of alkyl halides is 1. The zero-order valence-electron chi connectivity index (χ0n) is 7.87. The monoisotopic (exact) mass is 210 g/mol. The molecule has 0 aromatic heterocycles. The first-order valence-corrected chi connectivity index (χ1v) is 4.65. The summed E-state index contributed by atoms with van der Waals surface area (Å²) < 4.78 is 4.90. The van der Waals surface area contributed by atoms with Gasteiger partial charge >= 0.3 is 5.97 Å². The smallest absolute Gasteiger partial charge is 0.335 e. The molecule has 0 saturated carbocycles. The Morgan fingerprint density at radius 1 is 1.50 bits per heavy atom. The molecule has 0 aliphatic rings. The van der Waals surface area contributed by atoms with E-state index < -0.39 is 5.97 Å². The molecule has 0 aliphatic heterocycles. The lowest BCUT2D eigenvalue weighted by atomic mass is 10.2. The minimum atomic E-state index is -0.461. The summed E-state index contributed by atoms with van der Waals surface area (Å²) in [5.74, 6) is 0.0349. The predicted octanol–water partition coefficient (Wildman–Crippen LogP) is 3.08. The first kappa shape index (κ1) is 10.8. The second kappa shape index (κ2) is 4.82. The third-order valence-corrected chi connectivity index (χ3v) is 1.98. The molecule has 1 aromatic carbocycles. The molecule has 3 heteroatoms. The van der Waals surface area contributed by atoms with Crippen LogP contribution in [0.4, 0.5) is 0 Å². The molecule has 0 heterocycles. The van der Waals surface area contributed by atoms with Crippen LogP contribution in [0.1, 0.15) is 17.9 Å². The molecule has 0 fully saturated rings. The van der Waals surface area contributed by atoms with Crippen LogP contribution in [0.5, 0.6) is 5.75 Å². The topological polar surface area (TPSA) is 26.3 Å². The molecule has 2 nitrogen and oxygen atoms in total. The standard InChI is InChI=1S/C11H11ClO2/c1-3-11(13)14-10-6-4-9(5-7-10)8(2)12/h3-8H,1H2,2H3. The van der Waals surface area contributed by atoms with Crippen molar-refractivity contribution in [2.24, 2.45) is 0 Å². The number of carbonyl (C=O) groups is 1. The average Bonchev–Trinajstić information content (AvgIpc) is 2.18. The number of esters is 1. The Balaban J connectivity index is 2.73. The van der Waals surface area contributed by atoms with Crippen molar-refractivity contribution in [3.8, 4) is 5.75 Å². The number of ether oxygens (including phenoxy) is 1. The van der Waals surface area contributed by atoms with Crippen LogP contribution in [0.3, 0.4) is 0 Å². The maximum Gasteiger partial charge on any atom is 0.335 e. The summed E-state index contributed by atoms with van der Waals surface area (Å²) in [5.41, 5.74) is 0.991. The number of rotatable bonds is 3. The van der Waals surface area contributed by atoms with Gasteiger partial charge in [0, 0.05) is 6.08 Å². The molecule has 74 valence electrons. The van der Waals surface area contributed by atoms with Crippen LogP contribution < -0.4 is 4.74 Å². The fourth-order valence-electron chi connectivity index (χ4n) is 0.959. The van der Waals surface area contributed by atoms with E-state index in [9.17, 15) is 4.79 Å². The van der Waals surface area contributed by atoms with Crippen molar-refractivity contribution in [1.29, 1.82) is 0 Å². The van der Waals surface area contributed by atoms with Gasteiger partial charge in [-0.2, -0.15) is 0 Å². The van der Waals surface area contributed by atoms with E-state index in [0.29, 0.717) is 5.75 Å². The molecular formula is C11H11ClO2. The van der Waals surface area contributed by atoms with E-state index in [1.54, 1.807) is 12.1 Å². The number of hydrogen-bond acceptors (Lipinski definition) is 2. The highest BCUT2D eigenvalue weighted by molar-refractivity contribution is 6.20. The lowest BCUT2D eigenvalue weighted by Crippen LogP contribution is -2.02. The molecule has 0 N–H and O–H groups in total. The van der Waals surface area contributed by atoms with Gasteiger partial charge in [0.05, 0.1) is 5.38 Å². The summed E-state index contributed by atoms with van der Waals surface area (Å²) in [6.45, 7) is 5.19. The van der Waals surface area contributed by atoms with Crippen molar-refractivity contribution in [3.05, 3.63) is 42.5 Å². The maximum absolute atomic E-state index is 10.8. The normalized spacial score (nSPS) is 11.9. The van der Waals surface area contributed by atoms with E-state index in [2.05, 4.69) is 6.58 Å². The quantitative estimate of drug-likeness (QED) is 0.332. The van der Waals surface area contributed by atoms with Crippen molar-refractivity contribution in [3.63, 3.8) is 0 Å². The van der Waals surface area contributed by atoms with Crippen LogP contribution in [-0.4, -0.2) is 5.97 Å². The van der Waals surface area contributed by atoms with Crippen LogP contribution in [0, 0.1) is 0 Å². The van der Waals surface area contributed by atoms with Gasteiger partial charge in [-0.25, -0.2) is 4.79 Å². The fraction of sp³-hybridized carbons (Fsp3) is 0.182. The van der Waals surface area contributed by atoms with Crippen LogP contribution in [-0.2, 0) is 4.79 Å². The summed E-state index contributed by atoms with van der Waals surface area (Å²) in [5, 5.41) is -0.0424. The number of hydrogen-bond donors (Lipinski definition) is 0. The molecule has 1 atom stereocenters. The van der Waals surface area contributed by atoms with Crippen molar-refractivity contribution < 1.29 is 9.53 Å². The zero-order valence-corrected chi connectivity index (χ0v) is 8.62. The van der Waals surface area contributed by atoms with E-state index in [1.165, 1.54) is 0 Å². The Morgan fingerprint density at radius 2 is 2.07 bits per heavy atom. The van der Waals surface area contributed by atoms with Gasteiger partial charge < -0.3 is 4.74 Å². The molecule has 0 aliphatic carbocycles. The Hall–Kier alpha value is -1.28. The largest absolute Gasteiger partial charge is 0.423 e. The molecule has 1 aromatic rings. The molecule has 0 amide bonds. The minimum Gasteiger partial charge on any atom is -0.423 e. The third kappa shape index (κ3) is 2.89. The summed E-state index contributed by atoms with van der Waals surface area (Å²) in [6.07, 6.45) is 1.12. The highest BCUT2D eigenvalue weighted by atomic mass is 35.5. The van der Waals surface area contributed by atoms with Gasteiger partial charge in [0.25, 0.3) is 0 Å². The van der Waals surface area contributed by atoms with Gasteiger partial charge in [0.15, 0.2) is 0 Å². The first-order valence-electron chi connectivity index (χ1n) is 4.21. The van der Waals surface area contributed by atoms with Crippen molar-refractivity contribution in [2.75, 3.05) is 0 Å². The second-order valence-electron chi connectivity index (χ2n) is 2.81. The average molecular weight is 211 g/mol. The van der Waals surface area contributed by atoms with E-state index >= 15 is 0 Å². The van der Waals surface area contributed by atoms with Gasteiger partial charge in [-0.15, -0.1) is 11.6 Å². The van der Waals surface area contributed by atoms with Crippen molar-refractivity contribution in [2.45, 2.75) is 12.3 Å². The SMILES string of the molecule is C=CC(=O)Oc1ccc(C(C)Cl)cc1. The van der Waals surface area contributed by atoms with Crippen molar-refractivity contribution in [1.82, 2.24) is 0 Å². The lowest BCUT2D eigenvalue weighted by molar-refractivity contribution is -0.128. The minimum absolute atomic E-state index is 0.0424. The Labute approximate surface area is 88.1 Å². The molecule has 14 heavy (non-hydrogen) atoms. The molecule has 1 rings (SSSR count). The summed E-state index contributed by atoms with van der Waals surface area (Å²) in [7, 11) is 0. The van der Waals surface area contributed by atoms with E-state index in [-0.39, 0.29) is 5.38 Å². The van der Waals surface area contributed by atoms with Crippen LogP contribution in [0.2, 0.25) is 0 Å². The van der Waals surface area contributed by atoms with Crippen molar-refractivity contribution >= 4 is 17.6 Å². The van der Waals surface area contributed by atoms with Gasteiger partial charge in [0.2, 0.25) is 0 Å². The van der Waals surface area contributed by atoms with Crippen LogP contribution >= 0.6 is 11.6 Å². The highest BCUT2D eigenvalue weighted by Gasteiger charge is 2.02. The Kier molecular flexibility index (Phi) is 3.72. The van der Waals surface area contributed by atoms with Gasteiger partial charge in [0.1, 0.15) is 5.75 Å². The maximum atomic E-state index is 10.8. The summed E-state index contributed by atoms with van der Waals surface area (Å²) >= 11 is 5.86. The van der Waals surface area contributed by atoms with E-state index in [4.69, 9.17) is 16.3 Å². The molecule has 0 radical (unpaired) electrons. The van der Waals surface area contributed by atoms with Crippen LogP contribution in [0.25, 0.3) is 0 Å². The fourth-order valence-corrected chi connectivity index (χ4v) is 1.10. The summed E-state index contributed by atoms with van der Waals surface area (Å²) in [6, 6.07) is 7.05. The number of benzene rings is 1. The lowest BCUT2D eigenvalue weighted by Gasteiger charge is -2.04. The zero-order chi connectivity index (χ0) is 10.6. The Morgan fingerprint density at radius 3 is 2.50 bits per heavy atom. The molecule has 0 saturated heterocycles. The first-order chi connectivity index (χ1) is 6.63. The molecular weight excluding hydrogens is 200 g/mol. The number of carbonyl (C=O) groups excluding carboxylic acids is 1. The van der Waals surface area contributed by atoms with Crippen LogP contribution in [0.15, 0.2) is 36.9 Å². The second-order valence-corrected chi connectivity index (χ2v) is 3.46. The molecule has 0 bridgehead atoms. The summed E-state index contributed by atoms with van der Waals surface area (Å²) in [4.78, 5) is 10.8. The number of halogens is 1. The Bertz CT molecular complexity index is 328. The highest BCUT2D eigenvalue weighted by Crippen LogP contribution is 2.21. The predicted molar refractivity (Wildman–Crippen MR) is 56.5 cm³/mol. The van der Waals surface area contributed by atoms with Gasteiger partial charge in [-0.3, -0.25) is 0 Å².